The van der Waals surface area contributed by atoms with E-state index in [4.69, 9.17) is 19.8 Å². The molecule has 4 rings (SSSR count). The van der Waals surface area contributed by atoms with Gasteiger partial charge in [-0.2, -0.15) is 0 Å². The molecule has 0 unspecified atom stereocenters. The van der Waals surface area contributed by atoms with E-state index in [2.05, 4.69) is 10.3 Å². The van der Waals surface area contributed by atoms with Crippen molar-refractivity contribution in [3.63, 3.8) is 0 Å². The molecule has 17 heteroatoms. The molecule has 0 aliphatic heterocycles. The number of alkyl halides is 1. The van der Waals surface area contributed by atoms with Crippen LogP contribution in [0.15, 0.2) is 36.4 Å². The number of imidazole rings is 1. The number of aromatic nitrogens is 3. The Morgan fingerprint density at radius 1 is 1.07 bits per heavy atom. The molecule has 2 heterocycles. The van der Waals surface area contributed by atoms with Crippen molar-refractivity contribution in [2.75, 3.05) is 10.2 Å². The quantitative estimate of drug-likeness (QED) is 0.0704. The zero-order valence-electron chi connectivity index (χ0n) is 21.7. The van der Waals surface area contributed by atoms with Crippen LogP contribution in [0.4, 0.5) is 5.82 Å². The molecular weight excluding hydrogens is 691 g/mol. The van der Waals surface area contributed by atoms with Gasteiger partial charge in [-0.25, -0.2) is 19.1 Å². The largest absolute Gasteiger partial charge is 0.524 e. The Morgan fingerprint density at radius 2 is 1.80 bits per heavy atom. The number of benzene rings is 2. The molecule has 0 atom stereocenters. The first-order valence-corrected chi connectivity index (χ1v) is 16.9. The summed E-state index contributed by atoms with van der Waals surface area (Å²) in [7, 11) is -9.91. The second-order valence-electron chi connectivity index (χ2n) is 9.11. The Hall–Kier alpha value is -2.78. The van der Waals surface area contributed by atoms with Crippen LogP contribution in [0.25, 0.3) is 21.9 Å². The number of fused-ring (bicyclic) bond motifs is 3. The van der Waals surface area contributed by atoms with Gasteiger partial charge in [-0.3, -0.25) is 24.4 Å². The van der Waals surface area contributed by atoms with E-state index in [9.17, 15) is 33.5 Å². The van der Waals surface area contributed by atoms with E-state index in [1.807, 2.05) is 46.2 Å². The SMILES string of the molecule is CCCCc1nc2c(N)nc3cc(CNC(=O)CI)ccc3c2n1Cc1cc(OP(=O)(O)O)ccc1OP(=O)(O)O. The highest BCUT2D eigenvalue weighted by molar-refractivity contribution is 14.1. The maximum absolute atomic E-state index is 11.7. The van der Waals surface area contributed by atoms with Gasteiger partial charge in [0.15, 0.2) is 5.82 Å². The lowest BCUT2D eigenvalue weighted by Crippen LogP contribution is -2.23. The summed E-state index contributed by atoms with van der Waals surface area (Å²) in [6.07, 6.45) is 2.19. The third kappa shape index (κ3) is 7.95. The molecule has 2 aromatic carbocycles. The average Bonchev–Trinajstić information content (AvgIpc) is 3.24. The minimum absolute atomic E-state index is 0.0603. The van der Waals surface area contributed by atoms with Gasteiger partial charge in [0.1, 0.15) is 22.8 Å². The highest BCUT2D eigenvalue weighted by Gasteiger charge is 2.24. The normalized spacial score (nSPS) is 12.1. The molecule has 2 aromatic heterocycles. The lowest BCUT2D eigenvalue weighted by atomic mass is 10.1. The van der Waals surface area contributed by atoms with Crippen LogP contribution < -0.4 is 20.1 Å². The first-order chi connectivity index (χ1) is 19.3. The number of hydrogen-bond acceptors (Lipinski definition) is 8. The summed E-state index contributed by atoms with van der Waals surface area (Å²) in [4.78, 5) is 58.5. The Morgan fingerprint density at radius 3 is 2.46 bits per heavy atom. The van der Waals surface area contributed by atoms with E-state index in [1.165, 1.54) is 6.07 Å². The monoisotopic (exact) mass is 719 g/mol. The smallest absolute Gasteiger partial charge is 0.404 e. The zero-order chi connectivity index (χ0) is 29.9. The molecule has 0 spiro atoms. The van der Waals surface area contributed by atoms with Gasteiger partial charge in [0.25, 0.3) is 0 Å². The molecule has 0 aliphatic rings. The van der Waals surface area contributed by atoms with Crippen LogP contribution in [0, 0.1) is 0 Å². The summed E-state index contributed by atoms with van der Waals surface area (Å²) in [5.74, 6) is 0.243. The molecule has 4 aromatic rings. The van der Waals surface area contributed by atoms with Gasteiger partial charge in [0, 0.05) is 23.9 Å². The summed E-state index contributed by atoms with van der Waals surface area (Å²) in [5, 5.41) is 3.50. The maximum atomic E-state index is 11.7. The van der Waals surface area contributed by atoms with Crippen LogP contribution >= 0.6 is 38.2 Å². The molecule has 0 fully saturated rings. The van der Waals surface area contributed by atoms with Crippen LogP contribution in [-0.4, -0.2) is 44.4 Å². The van der Waals surface area contributed by atoms with E-state index >= 15 is 0 Å². The molecule has 1 amide bonds. The number of phosphoric ester groups is 2. The average molecular weight is 719 g/mol. The number of nitrogen functional groups attached to an aromatic ring is 1. The molecule has 41 heavy (non-hydrogen) atoms. The molecule has 0 aliphatic carbocycles. The molecule has 0 saturated carbocycles. The van der Waals surface area contributed by atoms with E-state index in [1.54, 1.807) is 6.07 Å². The number of phosphoric acid groups is 2. The van der Waals surface area contributed by atoms with Crippen molar-refractivity contribution in [1.82, 2.24) is 19.9 Å². The second kappa shape index (κ2) is 12.6. The Balaban J connectivity index is 1.90. The molecule has 7 N–H and O–H groups in total. The van der Waals surface area contributed by atoms with Crippen molar-refractivity contribution in [3.8, 4) is 11.5 Å². The number of rotatable bonds is 12. The van der Waals surface area contributed by atoms with Gasteiger partial charge in [0.2, 0.25) is 5.91 Å². The summed E-state index contributed by atoms with van der Waals surface area (Å²) in [6.45, 7) is 2.26. The van der Waals surface area contributed by atoms with Crippen LogP contribution in [0.2, 0.25) is 0 Å². The fourth-order valence-corrected chi connectivity index (χ4v) is 5.41. The number of hydrogen-bond donors (Lipinski definition) is 6. The lowest BCUT2D eigenvalue weighted by Gasteiger charge is -2.17. The van der Waals surface area contributed by atoms with Gasteiger partial charge in [-0.05, 0) is 36.2 Å². The Bertz CT molecular complexity index is 1700. The molecule has 0 saturated heterocycles. The number of nitrogens with one attached hydrogen (secondary N) is 1. The third-order valence-corrected chi connectivity index (χ3v) is 7.59. The predicted octanol–water partition coefficient (Wildman–Crippen LogP) is 3.55. The second-order valence-corrected chi connectivity index (χ2v) is 12.2. The van der Waals surface area contributed by atoms with Crippen molar-refractivity contribution in [2.24, 2.45) is 0 Å². The fraction of sp³-hybridized carbons (Fsp3) is 0.292. The van der Waals surface area contributed by atoms with Crippen LogP contribution in [0.5, 0.6) is 11.5 Å². The highest BCUT2D eigenvalue weighted by Crippen LogP contribution is 2.43. The van der Waals surface area contributed by atoms with E-state index in [-0.39, 0.29) is 35.3 Å². The van der Waals surface area contributed by atoms with Crippen LogP contribution in [0.1, 0.15) is 36.7 Å². The van der Waals surface area contributed by atoms with Crippen LogP contribution in [0.3, 0.4) is 0 Å². The van der Waals surface area contributed by atoms with Crippen molar-refractivity contribution >= 4 is 71.9 Å². The number of pyridine rings is 1. The minimum atomic E-state index is -4.99. The van der Waals surface area contributed by atoms with E-state index in [0.717, 1.165) is 30.5 Å². The van der Waals surface area contributed by atoms with Crippen molar-refractivity contribution in [2.45, 2.75) is 39.3 Å². The third-order valence-electron chi connectivity index (χ3n) is 6.01. The van der Waals surface area contributed by atoms with Crippen molar-refractivity contribution in [1.29, 1.82) is 0 Å². The molecule has 0 bridgehead atoms. The van der Waals surface area contributed by atoms with Gasteiger partial charge in [-0.1, -0.05) is 48.1 Å². The molecule has 14 nitrogen and oxygen atoms in total. The summed E-state index contributed by atoms with van der Waals surface area (Å²) in [6, 6.07) is 9.01. The first kappa shape index (κ1) is 31.2. The lowest BCUT2D eigenvalue weighted by molar-refractivity contribution is -0.118. The maximum Gasteiger partial charge on any atom is 0.524 e. The number of aryl methyl sites for hydroxylation is 1. The van der Waals surface area contributed by atoms with E-state index < -0.39 is 15.6 Å². The minimum Gasteiger partial charge on any atom is -0.404 e. The molecule has 0 radical (unpaired) electrons. The number of unbranched alkanes of at least 4 members (excludes halogenated alkanes) is 1. The molecular formula is C24H28IN5O9P2. The Kier molecular flexibility index (Phi) is 9.59. The van der Waals surface area contributed by atoms with Gasteiger partial charge < -0.3 is 24.7 Å². The topological polar surface area (TPSA) is 219 Å². The van der Waals surface area contributed by atoms with Gasteiger partial charge in [-0.15, -0.1) is 0 Å². The number of amides is 1. The van der Waals surface area contributed by atoms with Crippen molar-refractivity contribution < 1.29 is 42.5 Å². The highest BCUT2D eigenvalue weighted by atomic mass is 127. The van der Waals surface area contributed by atoms with Crippen LogP contribution in [-0.2, 0) is 33.4 Å². The van der Waals surface area contributed by atoms with Gasteiger partial charge in [0.05, 0.1) is 22.0 Å². The number of nitrogens with two attached hydrogens (primary N) is 1. The Labute approximate surface area is 247 Å². The number of carbonyl (C=O) groups is 1. The summed E-state index contributed by atoms with van der Waals surface area (Å²) >= 11 is 1.98. The number of carbonyl (C=O) groups excluding carboxylic acids is 1. The number of halogens is 1. The van der Waals surface area contributed by atoms with Crippen molar-refractivity contribution in [3.05, 3.63) is 53.3 Å². The van der Waals surface area contributed by atoms with E-state index in [0.29, 0.717) is 45.2 Å². The fourth-order valence-electron chi connectivity index (χ4n) is 4.32. The summed E-state index contributed by atoms with van der Waals surface area (Å²) < 4.78 is 34.9. The molecule has 220 valence electrons. The zero-order valence-corrected chi connectivity index (χ0v) is 25.7. The number of nitrogens with zero attached hydrogens (tertiary/aromatic N) is 3. The summed E-state index contributed by atoms with van der Waals surface area (Å²) in [5.41, 5.74) is 8.88. The first-order valence-electron chi connectivity index (χ1n) is 12.3. The number of anilines is 1. The van der Waals surface area contributed by atoms with Gasteiger partial charge >= 0.3 is 15.6 Å². The standard InChI is InChI=1S/C24H28IN5O9P2/c1-2-3-4-20-29-22-23(17-7-5-14(12-27-21(31)11-25)9-18(17)28-24(22)26)30(20)13-15-10-16(38-40(32,33)34)6-8-19(15)39-41(35,36)37/h5-10H,2-4,11-13H2,1H3,(H2,26,28)(H,27,31)(H2,32,33,34)(H2,35,36,37). The predicted molar refractivity (Wildman–Crippen MR) is 160 cm³/mol.